The first-order valence-corrected chi connectivity index (χ1v) is 9.22. The molecule has 4 rings (SSSR count). The Morgan fingerprint density at radius 2 is 1.89 bits per heavy atom. The molecule has 4 nitrogen and oxygen atoms in total. The van der Waals surface area contributed by atoms with E-state index in [0.29, 0.717) is 23.1 Å². The van der Waals surface area contributed by atoms with Crippen LogP contribution in [0.4, 0.5) is 14.9 Å². The molecule has 0 radical (unpaired) electrons. The molecule has 2 aromatic carbocycles. The lowest BCUT2D eigenvalue weighted by molar-refractivity contribution is 0.182. The monoisotopic (exact) mass is 403 g/mol. The van der Waals surface area contributed by atoms with Crippen molar-refractivity contribution in [2.24, 2.45) is 0 Å². The molecular formula is C20H16Cl2FN3O. The number of anilines is 1. The molecule has 1 aromatic heterocycles. The van der Waals surface area contributed by atoms with E-state index in [4.69, 9.17) is 23.2 Å². The number of rotatable bonds is 2. The van der Waals surface area contributed by atoms with Gasteiger partial charge < -0.3 is 14.8 Å². The molecular weight excluding hydrogens is 388 g/mol. The van der Waals surface area contributed by atoms with Crippen LogP contribution in [0.15, 0.2) is 60.8 Å². The summed E-state index contributed by atoms with van der Waals surface area (Å²) < 4.78 is 16.0. The van der Waals surface area contributed by atoms with E-state index in [9.17, 15) is 9.18 Å². The smallest absolute Gasteiger partial charge is 0.322 e. The van der Waals surface area contributed by atoms with Crippen molar-refractivity contribution in [3.63, 3.8) is 0 Å². The molecule has 2 heterocycles. The number of carbonyl (C=O) groups is 1. The summed E-state index contributed by atoms with van der Waals surface area (Å²) in [5.74, 6) is -0.479. The van der Waals surface area contributed by atoms with Gasteiger partial charge in [-0.1, -0.05) is 41.4 Å². The fourth-order valence-electron chi connectivity index (χ4n) is 3.40. The van der Waals surface area contributed by atoms with Crippen LogP contribution in [-0.4, -0.2) is 22.0 Å². The number of amides is 2. The number of hydrogen-bond donors (Lipinski definition) is 1. The fraction of sp³-hybridized carbons (Fsp3) is 0.150. The van der Waals surface area contributed by atoms with Crippen molar-refractivity contribution in [1.82, 2.24) is 9.47 Å². The molecule has 1 atom stereocenters. The van der Waals surface area contributed by atoms with Crippen molar-refractivity contribution in [3.05, 3.63) is 87.9 Å². The largest absolute Gasteiger partial charge is 0.348 e. The molecule has 1 N–H and O–H groups in total. The van der Waals surface area contributed by atoms with Crippen molar-refractivity contribution < 1.29 is 9.18 Å². The van der Waals surface area contributed by atoms with Crippen LogP contribution in [-0.2, 0) is 6.54 Å². The molecule has 2 amide bonds. The first-order valence-electron chi connectivity index (χ1n) is 8.47. The van der Waals surface area contributed by atoms with Crippen molar-refractivity contribution in [2.75, 3.05) is 11.9 Å². The SMILES string of the molecule is O=C(Nc1ccccc1F)N1CCn2cccc2[C@@H]1c1ccc(Cl)cc1Cl. The van der Waals surface area contributed by atoms with Gasteiger partial charge in [0.2, 0.25) is 0 Å². The maximum atomic E-state index is 14.0. The number of benzene rings is 2. The van der Waals surface area contributed by atoms with Gasteiger partial charge >= 0.3 is 6.03 Å². The maximum Gasteiger partial charge on any atom is 0.322 e. The highest BCUT2D eigenvalue weighted by Crippen LogP contribution is 2.37. The number of nitrogens with zero attached hydrogens (tertiary/aromatic N) is 2. The molecule has 3 aromatic rings. The third-order valence-electron chi connectivity index (χ3n) is 4.67. The van der Waals surface area contributed by atoms with Gasteiger partial charge in [0.25, 0.3) is 0 Å². The number of hydrogen-bond acceptors (Lipinski definition) is 1. The van der Waals surface area contributed by atoms with Crippen LogP contribution < -0.4 is 5.32 Å². The minimum atomic E-state index is -0.479. The Morgan fingerprint density at radius 3 is 2.67 bits per heavy atom. The third-order valence-corrected chi connectivity index (χ3v) is 5.23. The normalized spacial score (nSPS) is 16.1. The van der Waals surface area contributed by atoms with Crippen molar-refractivity contribution >= 4 is 34.9 Å². The Bertz CT molecular complexity index is 1000. The lowest BCUT2D eigenvalue weighted by Crippen LogP contribution is -2.44. The zero-order valence-corrected chi connectivity index (χ0v) is 15.7. The van der Waals surface area contributed by atoms with Crippen LogP contribution in [0.25, 0.3) is 0 Å². The number of nitrogens with one attached hydrogen (secondary N) is 1. The first-order chi connectivity index (χ1) is 13.0. The van der Waals surface area contributed by atoms with Crippen LogP contribution in [0.3, 0.4) is 0 Å². The highest BCUT2D eigenvalue weighted by atomic mass is 35.5. The molecule has 7 heteroatoms. The first kappa shape index (κ1) is 17.9. The molecule has 0 saturated heterocycles. The minimum Gasteiger partial charge on any atom is -0.348 e. The standard InChI is InChI=1S/C20H16Cl2FN3O/c21-13-7-8-14(15(22)12-13)19-18-6-3-9-25(18)10-11-26(19)20(27)24-17-5-2-1-4-16(17)23/h1-9,12,19H,10-11H2,(H,24,27)/t19-/m0/s1. The van der Waals surface area contributed by atoms with E-state index >= 15 is 0 Å². The van der Waals surface area contributed by atoms with Gasteiger partial charge in [0.15, 0.2) is 0 Å². The Morgan fingerprint density at radius 1 is 1.07 bits per heavy atom. The van der Waals surface area contributed by atoms with E-state index in [1.54, 1.807) is 29.2 Å². The lowest BCUT2D eigenvalue weighted by Gasteiger charge is -2.37. The van der Waals surface area contributed by atoms with Gasteiger partial charge in [-0.05, 0) is 42.0 Å². The molecule has 27 heavy (non-hydrogen) atoms. The molecule has 1 aliphatic heterocycles. The molecule has 138 valence electrons. The van der Waals surface area contributed by atoms with Gasteiger partial charge in [0.1, 0.15) is 11.9 Å². The summed E-state index contributed by atoms with van der Waals surface area (Å²) in [5.41, 5.74) is 1.85. The number of halogens is 3. The summed E-state index contributed by atoms with van der Waals surface area (Å²) in [7, 11) is 0. The average Bonchev–Trinajstić information content (AvgIpc) is 3.12. The summed E-state index contributed by atoms with van der Waals surface area (Å²) in [4.78, 5) is 14.6. The quantitative estimate of drug-likeness (QED) is 0.596. The van der Waals surface area contributed by atoms with E-state index in [0.717, 1.165) is 11.3 Å². The van der Waals surface area contributed by atoms with E-state index < -0.39 is 11.9 Å². The van der Waals surface area contributed by atoms with Crippen LogP contribution in [0.5, 0.6) is 0 Å². The van der Waals surface area contributed by atoms with Crippen LogP contribution in [0.1, 0.15) is 17.3 Å². The van der Waals surface area contributed by atoms with Crippen molar-refractivity contribution in [1.29, 1.82) is 0 Å². The van der Waals surface area contributed by atoms with Gasteiger partial charge in [-0.15, -0.1) is 0 Å². The summed E-state index contributed by atoms with van der Waals surface area (Å²) in [6.45, 7) is 1.11. The Kier molecular flexibility index (Phi) is 4.81. The van der Waals surface area contributed by atoms with Crippen LogP contribution >= 0.6 is 23.2 Å². The van der Waals surface area contributed by atoms with Crippen LogP contribution in [0, 0.1) is 5.82 Å². The maximum absolute atomic E-state index is 14.0. The van der Waals surface area contributed by atoms with Gasteiger partial charge in [-0.25, -0.2) is 9.18 Å². The summed E-state index contributed by atoms with van der Waals surface area (Å²) in [6, 6.07) is 14.4. The predicted molar refractivity (Wildman–Crippen MR) is 105 cm³/mol. The molecule has 0 aliphatic carbocycles. The number of urea groups is 1. The molecule has 0 saturated carbocycles. The number of carbonyl (C=O) groups excluding carboxylic acids is 1. The van der Waals surface area contributed by atoms with E-state index in [1.165, 1.54) is 12.1 Å². The third kappa shape index (κ3) is 3.40. The van der Waals surface area contributed by atoms with E-state index in [-0.39, 0.29) is 11.7 Å². The van der Waals surface area contributed by atoms with Gasteiger partial charge in [0, 0.05) is 35.0 Å². The molecule has 0 fully saturated rings. The summed E-state index contributed by atoms with van der Waals surface area (Å²) in [6.07, 6.45) is 1.97. The molecule has 0 unspecified atom stereocenters. The fourth-order valence-corrected chi connectivity index (χ4v) is 3.91. The Balaban J connectivity index is 1.72. The minimum absolute atomic E-state index is 0.143. The van der Waals surface area contributed by atoms with Crippen molar-refractivity contribution in [3.8, 4) is 0 Å². The van der Waals surface area contributed by atoms with Gasteiger partial charge in [-0.3, -0.25) is 0 Å². The lowest BCUT2D eigenvalue weighted by atomic mass is 10.00. The Labute approximate surface area is 166 Å². The van der Waals surface area contributed by atoms with Crippen LogP contribution in [0.2, 0.25) is 10.0 Å². The van der Waals surface area contributed by atoms with Gasteiger partial charge in [-0.2, -0.15) is 0 Å². The van der Waals surface area contributed by atoms with E-state index in [1.807, 2.05) is 24.4 Å². The number of para-hydroxylation sites is 1. The predicted octanol–water partition coefficient (Wildman–Crippen LogP) is 5.57. The number of fused-ring (bicyclic) bond motifs is 1. The second-order valence-corrected chi connectivity index (χ2v) is 7.14. The highest BCUT2D eigenvalue weighted by molar-refractivity contribution is 6.35. The zero-order valence-electron chi connectivity index (χ0n) is 14.2. The molecule has 0 bridgehead atoms. The second-order valence-electron chi connectivity index (χ2n) is 6.30. The second kappa shape index (κ2) is 7.25. The topological polar surface area (TPSA) is 37.3 Å². The summed E-state index contributed by atoms with van der Waals surface area (Å²) in [5, 5.41) is 3.67. The van der Waals surface area contributed by atoms with Crippen molar-refractivity contribution in [2.45, 2.75) is 12.6 Å². The number of aromatic nitrogens is 1. The molecule has 1 aliphatic rings. The van der Waals surface area contributed by atoms with E-state index in [2.05, 4.69) is 9.88 Å². The Hall–Kier alpha value is -2.50. The highest BCUT2D eigenvalue weighted by Gasteiger charge is 2.33. The summed E-state index contributed by atoms with van der Waals surface area (Å²) >= 11 is 12.5. The van der Waals surface area contributed by atoms with Gasteiger partial charge in [0.05, 0.1) is 5.69 Å². The average molecular weight is 404 g/mol. The molecule has 0 spiro atoms. The zero-order chi connectivity index (χ0) is 19.0.